The highest BCUT2D eigenvalue weighted by molar-refractivity contribution is 5.93. The van der Waals surface area contributed by atoms with E-state index < -0.39 is 0 Å². The van der Waals surface area contributed by atoms with E-state index in [0.717, 1.165) is 17.0 Å². The molecule has 1 aliphatic rings. The maximum absolute atomic E-state index is 13.2. The van der Waals surface area contributed by atoms with Gasteiger partial charge in [-0.1, -0.05) is 30.3 Å². The Morgan fingerprint density at radius 2 is 1.90 bits per heavy atom. The molecule has 29 heavy (non-hydrogen) atoms. The van der Waals surface area contributed by atoms with Crippen LogP contribution in [0.3, 0.4) is 0 Å². The van der Waals surface area contributed by atoms with Gasteiger partial charge in [0.25, 0.3) is 5.91 Å². The van der Waals surface area contributed by atoms with Gasteiger partial charge in [0.2, 0.25) is 5.76 Å². The quantitative estimate of drug-likeness (QED) is 0.678. The second-order valence-corrected chi connectivity index (χ2v) is 7.46. The topological polar surface area (TPSA) is 73.4 Å². The number of hydrogen-bond acceptors (Lipinski definition) is 5. The van der Waals surface area contributed by atoms with Gasteiger partial charge in [0.15, 0.2) is 5.89 Å². The number of carbonyl (C=O) groups excluding carboxylic acids is 1. The summed E-state index contributed by atoms with van der Waals surface area (Å²) in [5.41, 5.74) is 4.81. The molecule has 1 atom stereocenters. The summed E-state index contributed by atoms with van der Waals surface area (Å²) in [7, 11) is 0. The molecule has 0 saturated carbocycles. The molecule has 3 heterocycles. The molecule has 1 aliphatic heterocycles. The zero-order chi connectivity index (χ0) is 20.5. The van der Waals surface area contributed by atoms with Crippen molar-refractivity contribution in [3.8, 4) is 0 Å². The summed E-state index contributed by atoms with van der Waals surface area (Å²) >= 11 is 0. The fraction of sp³-hybridized carbons (Fsp3) is 0.409. The molecule has 0 unspecified atom stereocenters. The van der Waals surface area contributed by atoms with Crippen LogP contribution < -0.4 is 0 Å². The van der Waals surface area contributed by atoms with Gasteiger partial charge in [-0.25, -0.2) is 4.98 Å². The van der Waals surface area contributed by atoms with Gasteiger partial charge in [-0.3, -0.25) is 9.48 Å². The maximum atomic E-state index is 13.2. The number of benzene rings is 1. The summed E-state index contributed by atoms with van der Waals surface area (Å²) in [6.45, 7) is 9.74. The first kappa shape index (κ1) is 19.4. The maximum Gasteiger partial charge on any atom is 0.292 e. The fourth-order valence-electron chi connectivity index (χ4n) is 4.05. The van der Waals surface area contributed by atoms with E-state index in [2.05, 4.69) is 24.0 Å². The summed E-state index contributed by atoms with van der Waals surface area (Å²) in [6.07, 6.45) is 0. The van der Waals surface area contributed by atoms with Crippen molar-refractivity contribution in [1.29, 1.82) is 0 Å². The minimum atomic E-state index is -0.203. The van der Waals surface area contributed by atoms with Crippen LogP contribution in [0.4, 0.5) is 0 Å². The van der Waals surface area contributed by atoms with Crippen LogP contribution in [0.25, 0.3) is 0 Å². The van der Waals surface area contributed by atoms with Crippen LogP contribution >= 0.6 is 0 Å². The molecular weight excluding hydrogens is 368 g/mol. The van der Waals surface area contributed by atoms with E-state index in [1.165, 1.54) is 5.56 Å². The molecule has 1 fully saturated rings. The first-order valence-electron chi connectivity index (χ1n) is 9.86. The van der Waals surface area contributed by atoms with Gasteiger partial charge in [0, 0.05) is 24.7 Å². The highest BCUT2D eigenvalue weighted by Gasteiger charge is 2.35. The Labute approximate surface area is 170 Å². The molecule has 152 valence electrons. The molecule has 1 aromatic carbocycles. The van der Waals surface area contributed by atoms with E-state index in [1.54, 1.807) is 13.8 Å². The molecule has 1 amide bonds. The van der Waals surface area contributed by atoms with E-state index >= 15 is 0 Å². The number of amides is 1. The normalized spacial score (nSPS) is 17.0. The van der Waals surface area contributed by atoms with Crippen LogP contribution in [-0.2, 0) is 11.3 Å². The first-order chi connectivity index (χ1) is 14.0. The van der Waals surface area contributed by atoms with Gasteiger partial charge < -0.3 is 14.1 Å². The van der Waals surface area contributed by atoms with E-state index in [9.17, 15) is 4.79 Å². The predicted octanol–water partition coefficient (Wildman–Crippen LogP) is 3.37. The number of ether oxygens (including phenoxy) is 1. The molecule has 0 radical (unpaired) electrons. The fourth-order valence-corrected chi connectivity index (χ4v) is 4.05. The standard InChI is InChI=1S/C22H26N4O3/c1-14-20(16(3)26(24-14)12-18-8-6-5-7-9-18)19-13-28-11-10-25(19)22(27)21-15(2)23-17(4)29-21/h5-9,19H,10-13H2,1-4H3/t19-/m1/s1. The predicted molar refractivity (Wildman–Crippen MR) is 108 cm³/mol. The lowest BCUT2D eigenvalue weighted by atomic mass is 10.0. The molecule has 0 aliphatic carbocycles. The van der Waals surface area contributed by atoms with Crippen molar-refractivity contribution in [1.82, 2.24) is 19.7 Å². The van der Waals surface area contributed by atoms with Gasteiger partial charge in [-0.2, -0.15) is 5.10 Å². The number of morpholine rings is 1. The molecule has 7 nitrogen and oxygen atoms in total. The number of oxazole rings is 1. The lowest BCUT2D eigenvalue weighted by molar-refractivity contribution is -0.00471. The Bertz CT molecular complexity index is 1020. The smallest absolute Gasteiger partial charge is 0.292 e. The summed E-state index contributed by atoms with van der Waals surface area (Å²) in [5, 5.41) is 4.76. The van der Waals surface area contributed by atoms with E-state index in [-0.39, 0.29) is 11.9 Å². The van der Waals surface area contributed by atoms with Crippen molar-refractivity contribution in [2.45, 2.75) is 40.3 Å². The number of nitrogens with zero attached hydrogens (tertiary/aromatic N) is 4. The third-order valence-corrected chi connectivity index (χ3v) is 5.43. The van der Waals surface area contributed by atoms with Crippen molar-refractivity contribution in [2.75, 3.05) is 19.8 Å². The summed E-state index contributed by atoms with van der Waals surface area (Å²) < 4.78 is 13.3. The van der Waals surface area contributed by atoms with Gasteiger partial charge >= 0.3 is 0 Å². The summed E-state index contributed by atoms with van der Waals surface area (Å²) in [5.74, 6) is 0.658. The zero-order valence-electron chi connectivity index (χ0n) is 17.3. The van der Waals surface area contributed by atoms with Gasteiger partial charge in [-0.15, -0.1) is 0 Å². The minimum absolute atomic E-state index is 0.147. The van der Waals surface area contributed by atoms with Crippen LogP contribution in [0.5, 0.6) is 0 Å². The van der Waals surface area contributed by atoms with E-state index in [0.29, 0.717) is 43.6 Å². The molecule has 0 bridgehead atoms. The number of aryl methyl sites for hydroxylation is 3. The number of aromatic nitrogens is 3. The van der Waals surface area contributed by atoms with Crippen LogP contribution in [0, 0.1) is 27.7 Å². The molecule has 1 saturated heterocycles. The first-order valence-corrected chi connectivity index (χ1v) is 9.86. The van der Waals surface area contributed by atoms with Crippen molar-refractivity contribution in [3.05, 3.63) is 70.2 Å². The molecule has 3 aromatic rings. The van der Waals surface area contributed by atoms with Crippen molar-refractivity contribution >= 4 is 5.91 Å². The Balaban J connectivity index is 1.67. The Morgan fingerprint density at radius 3 is 2.59 bits per heavy atom. The van der Waals surface area contributed by atoms with Gasteiger partial charge in [-0.05, 0) is 26.3 Å². The van der Waals surface area contributed by atoms with Gasteiger partial charge in [0.05, 0.1) is 37.2 Å². The molecule has 0 N–H and O–H groups in total. The minimum Gasteiger partial charge on any atom is -0.436 e. The van der Waals surface area contributed by atoms with Crippen LogP contribution in [0.1, 0.15) is 50.7 Å². The van der Waals surface area contributed by atoms with E-state index in [4.69, 9.17) is 14.3 Å². The summed E-state index contributed by atoms with van der Waals surface area (Å²) in [6, 6.07) is 10.0. The largest absolute Gasteiger partial charge is 0.436 e. The second kappa shape index (κ2) is 7.83. The molecule has 0 spiro atoms. The molecule has 2 aromatic heterocycles. The van der Waals surface area contributed by atoms with Gasteiger partial charge in [0.1, 0.15) is 0 Å². The third kappa shape index (κ3) is 3.70. The Hall–Kier alpha value is -2.93. The molecule has 7 heteroatoms. The second-order valence-electron chi connectivity index (χ2n) is 7.46. The van der Waals surface area contributed by atoms with Crippen molar-refractivity contribution < 1.29 is 13.9 Å². The van der Waals surface area contributed by atoms with Crippen LogP contribution in [0.2, 0.25) is 0 Å². The number of hydrogen-bond donors (Lipinski definition) is 0. The Kier molecular flexibility index (Phi) is 5.24. The highest BCUT2D eigenvalue weighted by atomic mass is 16.5. The lowest BCUT2D eigenvalue weighted by Crippen LogP contribution is -2.44. The SMILES string of the molecule is Cc1nc(C)c(C(=O)N2CCOC[C@@H]2c2c(C)nn(Cc3ccccc3)c2C)o1. The average Bonchev–Trinajstić information content (AvgIpc) is 3.19. The number of carbonyl (C=O) groups is 1. The van der Waals surface area contributed by atoms with Crippen LogP contribution in [0.15, 0.2) is 34.7 Å². The Morgan fingerprint density at radius 1 is 1.14 bits per heavy atom. The highest BCUT2D eigenvalue weighted by Crippen LogP contribution is 2.31. The van der Waals surface area contributed by atoms with E-state index in [1.807, 2.05) is 34.7 Å². The molecular formula is C22H26N4O3. The third-order valence-electron chi connectivity index (χ3n) is 5.43. The number of rotatable bonds is 4. The van der Waals surface area contributed by atoms with Crippen LogP contribution in [-0.4, -0.2) is 45.3 Å². The average molecular weight is 394 g/mol. The monoisotopic (exact) mass is 394 g/mol. The molecule has 4 rings (SSSR count). The summed E-state index contributed by atoms with van der Waals surface area (Å²) in [4.78, 5) is 19.3. The zero-order valence-corrected chi connectivity index (χ0v) is 17.3. The lowest BCUT2D eigenvalue weighted by Gasteiger charge is -2.35. The van der Waals surface area contributed by atoms with Crippen molar-refractivity contribution in [2.24, 2.45) is 0 Å². The van der Waals surface area contributed by atoms with Crippen molar-refractivity contribution in [3.63, 3.8) is 0 Å².